The molecular weight excluding hydrogens is 328 g/mol. The molecule has 0 radical (unpaired) electrons. The number of Topliss-reactive ketones (excluding diaryl/α,β-unsaturated/α-hetero) is 1. The first kappa shape index (κ1) is 17.9. The van der Waals surface area contributed by atoms with Crippen LogP contribution < -0.4 is 5.32 Å². The summed E-state index contributed by atoms with van der Waals surface area (Å²) in [4.78, 5) is 38.1. The van der Waals surface area contributed by atoms with E-state index in [0.29, 0.717) is 24.1 Å². The topological polar surface area (TPSA) is 66.5 Å². The highest BCUT2D eigenvalue weighted by Crippen LogP contribution is 2.36. The van der Waals surface area contributed by atoms with E-state index < -0.39 is 0 Å². The number of ketones is 1. The first-order valence-electron chi connectivity index (χ1n) is 8.70. The van der Waals surface area contributed by atoms with Gasteiger partial charge in [-0.25, -0.2) is 0 Å². The lowest BCUT2D eigenvalue weighted by molar-refractivity contribution is -0.140. The van der Waals surface area contributed by atoms with Gasteiger partial charge in [-0.2, -0.15) is 0 Å². The second kappa shape index (κ2) is 7.52. The van der Waals surface area contributed by atoms with E-state index in [1.165, 1.54) is 6.92 Å². The van der Waals surface area contributed by atoms with Crippen molar-refractivity contribution in [1.82, 2.24) is 4.90 Å². The minimum Gasteiger partial charge on any atom is -0.338 e. The van der Waals surface area contributed by atoms with Crippen LogP contribution in [-0.4, -0.2) is 29.5 Å². The second-order valence-electron chi connectivity index (χ2n) is 6.63. The van der Waals surface area contributed by atoms with Gasteiger partial charge in [-0.3, -0.25) is 14.4 Å². The Kier molecular flexibility index (Phi) is 5.16. The minimum absolute atomic E-state index is 0.0144. The number of nitrogens with zero attached hydrogens (tertiary/aromatic N) is 1. The molecule has 1 fully saturated rings. The van der Waals surface area contributed by atoms with E-state index in [1.54, 1.807) is 36.2 Å². The zero-order chi connectivity index (χ0) is 18.7. The lowest BCUT2D eigenvalue weighted by Crippen LogP contribution is -2.44. The molecule has 3 rings (SSSR count). The number of likely N-dealkylation sites (tertiary alicyclic amines) is 1. The fraction of sp³-hybridized carbons (Fsp3) is 0.286. The molecule has 1 N–H and O–H groups in total. The summed E-state index contributed by atoms with van der Waals surface area (Å²) in [7, 11) is 1.75. The van der Waals surface area contributed by atoms with E-state index >= 15 is 0 Å². The Morgan fingerprint density at radius 3 is 2.31 bits per heavy atom. The predicted octanol–water partition coefficient (Wildman–Crippen LogP) is 3.44. The number of rotatable bonds is 4. The Bertz CT molecular complexity index is 815. The maximum absolute atomic E-state index is 12.9. The zero-order valence-corrected chi connectivity index (χ0v) is 14.9. The third-order valence-electron chi connectivity index (χ3n) is 4.90. The summed E-state index contributed by atoms with van der Waals surface area (Å²) < 4.78 is 0. The van der Waals surface area contributed by atoms with Crippen LogP contribution >= 0.6 is 0 Å². The Morgan fingerprint density at radius 2 is 1.69 bits per heavy atom. The van der Waals surface area contributed by atoms with Crippen LogP contribution in [0.4, 0.5) is 5.69 Å². The SMILES string of the molecule is CC(=O)c1ccc(NC(=O)[C@@H]2CCC(=O)N(C)[C@@H]2c2ccccc2)cc1. The number of piperidine rings is 1. The average molecular weight is 350 g/mol. The average Bonchev–Trinajstić information content (AvgIpc) is 2.65. The summed E-state index contributed by atoms with van der Waals surface area (Å²) in [5.41, 5.74) is 2.20. The van der Waals surface area contributed by atoms with Gasteiger partial charge in [-0.1, -0.05) is 30.3 Å². The highest BCUT2D eigenvalue weighted by atomic mass is 16.2. The third-order valence-corrected chi connectivity index (χ3v) is 4.90. The molecule has 0 unspecified atom stereocenters. The number of carbonyl (C=O) groups excluding carboxylic acids is 3. The van der Waals surface area contributed by atoms with Crippen LogP contribution in [0.25, 0.3) is 0 Å². The Balaban J connectivity index is 1.81. The van der Waals surface area contributed by atoms with Crippen molar-refractivity contribution in [3.63, 3.8) is 0 Å². The largest absolute Gasteiger partial charge is 0.338 e. The van der Waals surface area contributed by atoms with Gasteiger partial charge in [-0.15, -0.1) is 0 Å². The van der Waals surface area contributed by atoms with E-state index in [1.807, 2.05) is 30.3 Å². The summed E-state index contributed by atoms with van der Waals surface area (Å²) >= 11 is 0. The Hall–Kier alpha value is -2.95. The quantitative estimate of drug-likeness (QED) is 0.859. The maximum Gasteiger partial charge on any atom is 0.229 e. The standard InChI is InChI=1S/C21H22N2O3/c1-14(24)15-8-10-17(11-9-15)22-21(26)18-12-13-19(25)23(2)20(18)16-6-4-3-5-7-16/h3-11,18,20H,12-13H2,1-2H3,(H,22,26)/t18-,20-/m1/s1. The summed E-state index contributed by atoms with van der Waals surface area (Å²) in [6, 6.07) is 16.2. The molecule has 2 atom stereocenters. The molecule has 5 heteroatoms. The van der Waals surface area contributed by atoms with Crippen molar-refractivity contribution in [2.24, 2.45) is 5.92 Å². The van der Waals surface area contributed by atoms with E-state index in [-0.39, 0.29) is 29.6 Å². The normalized spacial score (nSPS) is 19.9. The van der Waals surface area contributed by atoms with Crippen molar-refractivity contribution in [1.29, 1.82) is 0 Å². The third kappa shape index (κ3) is 3.67. The van der Waals surface area contributed by atoms with Crippen molar-refractivity contribution < 1.29 is 14.4 Å². The summed E-state index contributed by atoms with van der Waals surface area (Å²) in [5, 5.41) is 2.92. The molecule has 0 saturated carbocycles. The number of benzene rings is 2. The van der Waals surface area contributed by atoms with Crippen LogP contribution in [0.3, 0.4) is 0 Å². The van der Waals surface area contributed by atoms with Crippen LogP contribution in [0.5, 0.6) is 0 Å². The summed E-state index contributed by atoms with van der Waals surface area (Å²) in [6.45, 7) is 1.51. The van der Waals surface area contributed by atoms with Gasteiger partial charge in [0, 0.05) is 24.7 Å². The van der Waals surface area contributed by atoms with Gasteiger partial charge >= 0.3 is 0 Å². The lowest BCUT2D eigenvalue weighted by atomic mass is 9.84. The van der Waals surface area contributed by atoms with Gasteiger partial charge in [0.25, 0.3) is 0 Å². The number of carbonyl (C=O) groups is 3. The van der Waals surface area contributed by atoms with Crippen LogP contribution in [-0.2, 0) is 9.59 Å². The first-order valence-corrected chi connectivity index (χ1v) is 8.70. The van der Waals surface area contributed by atoms with Crippen molar-refractivity contribution >= 4 is 23.3 Å². The molecule has 5 nitrogen and oxygen atoms in total. The van der Waals surface area contributed by atoms with Crippen molar-refractivity contribution in [2.45, 2.75) is 25.8 Å². The highest BCUT2D eigenvalue weighted by Gasteiger charge is 2.38. The smallest absolute Gasteiger partial charge is 0.229 e. The highest BCUT2D eigenvalue weighted by molar-refractivity contribution is 5.97. The second-order valence-corrected chi connectivity index (χ2v) is 6.63. The van der Waals surface area contributed by atoms with E-state index in [0.717, 1.165) is 5.56 Å². The van der Waals surface area contributed by atoms with Gasteiger partial charge in [0.15, 0.2) is 5.78 Å². The minimum atomic E-state index is -0.326. The Morgan fingerprint density at radius 1 is 1.04 bits per heavy atom. The molecule has 134 valence electrons. The molecule has 0 aliphatic carbocycles. The van der Waals surface area contributed by atoms with Gasteiger partial charge in [-0.05, 0) is 43.2 Å². The fourth-order valence-corrected chi connectivity index (χ4v) is 3.44. The molecule has 2 aromatic rings. The van der Waals surface area contributed by atoms with Gasteiger partial charge in [0.2, 0.25) is 11.8 Å². The van der Waals surface area contributed by atoms with E-state index in [2.05, 4.69) is 5.32 Å². The van der Waals surface area contributed by atoms with Crippen LogP contribution in [0.15, 0.2) is 54.6 Å². The molecule has 1 aliphatic heterocycles. The van der Waals surface area contributed by atoms with Gasteiger partial charge in [0.05, 0.1) is 12.0 Å². The molecule has 0 bridgehead atoms. The molecule has 1 aliphatic rings. The number of nitrogens with one attached hydrogen (secondary N) is 1. The number of amides is 2. The molecule has 1 heterocycles. The summed E-state index contributed by atoms with van der Waals surface area (Å²) in [5.74, 6) is -0.408. The van der Waals surface area contributed by atoms with Crippen LogP contribution in [0, 0.1) is 5.92 Å². The van der Waals surface area contributed by atoms with Crippen molar-refractivity contribution in [2.75, 3.05) is 12.4 Å². The molecule has 2 aromatic carbocycles. The molecule has 0 spiro atoms. The number of hydrogen-bond acceptors (Lipinski definition) is 3. The zero-order valence-electron chi connectivity index (χ0n) is 14.9. The van der Waals surface area contributed by atoms with E-state index in [9.17, 15) is 14.4 Å². The van der Waals surface area contributed by atoms with Crippen LogP contribution in [0.2, 0.25) is 0 Å². The lowest BCUT2D eigenvalue weighted by Gasteiger charge is -2.38. The molecule has 2 amide bonds. The molecular formula is C21H22N2O3. The maximum atomic E-state index is 12.9. The predicted molar refractivity (Wildman–Crippen MR) is 99.8 cm³/mol. The molecule has 26 heavy (non-hydrogen) atoms. The van der Waals surface area contributed by atoms with Gasteiger partial charge in [0.1, 0.15) is 0 Å². The number of anilines is 1. The van der Waals surface area contributed by atoms with E-state index in [4.69, 9.17) is 0 Å². The first-order chi connectivity index (χ1) is 12.5. The monoisotopic (exact) mass is 350 g/mol. The number of hydrogen-bond donors (Lipinski definition) is 1. The molecule has 1 saturated heterocycles. The van der Waals surface area contributed by atoms with Crippen molar-refractivity contribution in [3.8, 4) is 0 Å². The van der Waals surface area contributed by atoms with Crippen molar-refractivity contribution in [3.05, 3.63) is 65.7 Å². The fourth-order valence-electron chi connectivity index (χ4n) is 3.44. The van der Waals surface area contributed by atoms with Gasteiger partial charge < -0.3 is 10.2 Å². The summed E-state index contributed by atoms with van der Waals surface area (Å²) in [6.07, 6.45) is 0.876. The molecule has 0 aromatic heterocycles. The van der Waals surface area contributed by atoms with Crippen LogP contribution in [0.1, 0.15) is 41.7 Å². The Labute approximate surface area is 153 Å².